The molecule has 1 atom stereocenters. The number of nitrogens with zero attached hydrogens (tertiary/aromatic N) is 5. The van der Waals surface area contributed by atoms with Crippen LogP contribution in [-0.4, -0.2) is 37.5 Å². The second-order valence-corrected chi connectivity index (χ2v) is 7.73. The molecular weight excluding hydrogens is 358 g/mol. The van der Waals surface area contributed by atoms with E-state index in [1.54, 1.807) is 12.4 Å². The lowest BCUT2D eigenvalue weighted by Crippen LogP contribution is -2.35. The van der Waals surface area contributed by atoms with Crippen LogP contribution in [0.2, 0.25) is 0 Å². The molecule has 0 radical (unpaired) electrons. The number of hydrogen-bond donors (Lipinski definition) is 0. The van der Waals surface area contributed by atoms with Gasteiger partial charge in [0.1, 0.15) is 0 Å². The molecular formula is C20H21N5OS. The quantitative estimate of drug-likeness (QED) is 0.636. The zero-order valence-corrected chi connectivity index (χ0v) is 16.2. The van der Waals surface area contributed by atoms with Crippen LogP contribution in [0.3, 0.4) is 0 Å². The first-order valence-electron chi connectivity index (χ1n) is 9.08. The highest BCUT2D eigenvalue weighted by Gasteiger charge is 2.29. The summed E-state index contributed by atoms with van der Waals surface area (Å²) in [5, 5.41) is 9.18. The molecule has 1 amide bonds. The topological polar surface area (TPSA) is 63.9 Å². The van der Waals surface area contributed by atoms with E-state index >= 15 is 0 Å². The maximum absolute atomic E-state index is 13.0. The normalized spacial score (nSPS) is 14.2. The van der Waals surface area contributed by atoms with E-state index in [0.717, 1.165) is 41.7 Å². The molecule has 4 rings (SSSR count). The fourth-order valence-electron chi connectivity index (χ4n) is 3.36. The van der Waals surface area contributed by atoms with Crippen molar-refractivity contribution in [1.82, 2.24) is 19.7 Å². The van der Waals surface area contributed by atoms with Crippen LogP contribution in [0.25, 0.3) is 11.4 Å². The number of aromatic nitrogens is 4. The predicted molar refractivity (Wildman–Crippen MR) is 107 cm³/mol. The van der Waals surface area contributed by atoms with E-state index in [1.165, 1.54) is 17.3 Å². The van der Waals surface area contributed by atoms with Crippen molar-refractivity contribution in [3.8, 4) is 11.4 Å². The molecule has 0 aliphatic carbocycles. The van der Waals surface area contributed by atoms with Crippen molar-refractivity contribution >= 4 is 23.4 Å². The van der Waals surface area contributed by atoms with Gasteiger partial charge in [-0.25, -0.2) is 0 Å². The minimum atomic E-state index is -0.243. The van der Waals surface area contributed by atoms with Crippen LogP contribution in [0.15, 0.2) is 53.9 Å². The third kappa shape index (κ3) is 3.35. The molecule has 0 unspecified atom stereocenters. The molecule has 0 spiro atoms. The van der Waals surface area contributed by atoms with E-state index in [2.05, 4.69) is 28.2 Å². The molecule has 0 N–H and O–H groups in total. The van der Waals surface area contributed by atoms with Gasteiger partial charge in [0, 0.05) is 36.7 Å². The highest BCUT2D eigenvalue weighted by molar-refractivity contribution is 8.00. The third-order valence-corrected chi connectivity index (χ3v) is 5.80. The summed E-state index contributed by atoms with van der Waals surface area (Å²) >= 11 is 1.46. The van der Waals surface area contributed by atoms with Crippen LogP contribution >= 0.6 is 11.8 Å². The van der Waals surface area contributed by atoms with Crippen molar-refractivity contribution in [1.29, 1.82) is 0 Å². The predicted octanol–water partition coefficient (Wildman–Crippen LogP) is 3.43. The van der Waals surface area contributed by atoms with Crippen molar-refractivity contribution in [2.45, 2.75) is 37.2 Å². The Bertz CT molecular complexity index is 956. The fourth-order valence-corrected chi connectivity index (χ4v) is 4.34. The summed E-state index contributed by atoms with van der Waals surface area (Å²) in [5.41, 5.74) is 3.19. The summed E-state index contributed by atoms with van der Waals surface area (Å²) in [7, 11) is 0. The molecule has 2 aromatic heterocycles. The molecule has 0 saturated carbocycles. The lowest BCUT2D eigenvalue weighted by molar-refractivity contribution is -0.117. The molecule has 138 valence electrons. The Kier molecular flexibility index (Phi) is 4.94. The molecule has 0 bridgehead atoms. The van der Waals surface area contributed by atoms with Crippen molar-refractivity contribution in [2.24, 2.45) is 0 Å². The maximum Gasteiger partial charge on any atom is 0.240 e. The molecule has 3 heterocycles. The summed E-state index contributed by atoms with van der Waals surface area (Å²) in [6.45, 7) is 5.46. The number of para-hydroxylation sites is 1. The number of amides is 1. The minimum Gasteiger partial charge on any atom is -0.311 e. The molecule has 1 aliphatic rings. The largest absolute Gasteiger partial charge is 0.311 e. The van der Waals surface area contributed by atoms with E-state index in [1.807, 2.05) is 46.7 Å². The number of hydrogen-bond acceptors (Lipinski definition) is 5. The van der Waals surface area contributed by atoms with Crippen LogP contribution in [0.4, 0.5) is 5.69 Å². The fraction of sp³-hybridized carbons (Fsp3) is 0.300. The van der Waals surface area contributed by atoms with E-state index in [-0.39, 0.29) is 11.2 Å². The minimum absolute atomic E-state index is 0.110. The molecule has 0 saturated heterocycles. The van der Waals surface area contributed by atoms with Crippen LogP contribution < -0.4 is 4.90 Å². The molecule has 7 heteroatoms. The standard InChI is InChI=1S/C20H21N5OS/c1-3-24-18(16-8-6-11-21-13-16)22-23-20(24)27-14(2)19(26)25-12-10-15-7-4-5-9-17(15)25/h4-9,11,13-14H,3,10,12H2,1-2H3/t14-/m0/s1. The third-order valence-electron chi connectivity index (χ3n) is 4.74. The van der Waals surface area contributed by atoms with Gasteiger partial charge in [0.2, 0.25) is 5.91 Å². The lowest BCUT2D eigenvalue weighted by Gasteiger charge is -2.21. The average molecular weight is 379 g/mol. The summed E-state index contributed by atoms with van der Waals surface area (Å²) in [6.07, 6.45) is 4.43. The van der Waals surface area contributed by atoms with Gasteiger partial charge in [0.25, 0.3) is 0 Å². The van der Waals surface area contributed by atoms with Gasteiger partial charge in [-0.3, -0.25) is 9.78 Å². The summed E-state index contributed by atoms with van der Waals surface area (Å²) < 4.78 is 2.03. The lowest BCUT2D eigenvalue weighted by atomic mass is 10.2. The number of rotatable bonds is 5. The van der Waals surface area contributed by atoms with Gasteiger partial charge in [0.05, 0.1) is 5.25 Å². The SMILES string of the molecule is CCn1c(S[C@@H](C)C(=O)N2CCc3ccccc32)nnc1-c1cccnc1. The smallest absolute Gasteiger partial charge is 0.240 e. The summed E-state index contributed by atoms with van der Waals surface area (Å²) in [6, 6.07) is 12.0. The van der Waals surface area contributed by atoms with E-state index in [9.17, 15) is 4.79 Å². The first kappa shape index (κ1) is 17.7. The Morgan fingerprint density at radius 2 is 2.07 bits per heavy atom. The number of carbonyl (C=O) groups excluding carboxylic acids is 1. The average Bonchev–Trinajstić information content (AvgIpc) is 3.32. The number of pyridine rings is 1. The molecule has 3 aromatic rings. The first-order chi connectivity index (χ1) is 13.2. The van der Waals surface area contributed by atoms with E-state index < -0.39 is 0 Å². The Hall–Kier alpha value is -2.67. The van der Waals surface area contributed by atoms with Gasteiger partial charge in [-0.15, -0.1) is 10.2 Å². The van der Waals surface area contributed by atoms with Gasteiger partial charge >= 0.3 is 0 Å². The van der Waals surface area contributed by atoms with E-state index in [0.29, 0.717) is 0 Å². The van der Waals surface area contributed by atoms with Crippen LogP contribution in [-0.2, 0) is 17.8 Å². The Balaban J connectivity index is 1.54. The van der Waals surface area contributed by atoms with Crippen molar-refractivity contribution in [3.63, 3.8) is 0 Å². The van der Waals surface area contributed by atoms with Crippen LogP contribution in [0, 0.1) is 0 Å². The summed E-state index contributed by atoms with van der Waals surface area (Å²) in [4.78, 5) is 19.1. The van der Waals surface area contributed by atoms with Crippen LogP contribution in [0.1, 0.15) is 19.4 Å². The Morgan fingerprint density at radius 1 is 1.22 bits per heavy atom. The van der Waals surface area contributed by atoms with Crippen LogP contribution in [0.5, 0.6) is 0 Å². The molecule has 1 aromatic carbocycles. The number of benzene rings is 1. The monoisotopic (exact) mass is 379 g/mol. The van der Waals surface area contributed by atoms with Gasteiger partial charge in [-0.05, 0) is 44.0 Å². The zero-order chi connectivity index (χ0) is 18.8. The number of carbonyl (C=O) groups is 1. The number of anilines is 1. The van der Waals surface area contributed by atoms with Crippen molar-refractivity contribution in [2.75, 3.05) is 11.4 Å². The highest BCUT2D eigenvalue weighted by atomic mass is 32.2. The Morgan fingerprint density at radius 3 is 2.85 bits per heavy atom. The summed E-state index contributed by atoms with van der Waals surface area (Å²) in [5.74, 6) is 0.887. The second kappa shape index (κ2) is 7.52. The molecule has 1 aliphatic heterocycles. The number of thioether (sulfide) groups is 1. The zero-order valence-electron chi connectivity index (χ0n) is 15.4. The molecule has 6 nitrogen and oxygen atoms in total. The van der Waals surface area contributed by atoms with Gasteiger partial charge < -0.3 is 9.47 Å². The number of fused-ring (bicyclic) bond motifs is 1. The Labute approximate surface area is 162 Å². The van der Waals surface area contributed by atoms with Gasteiger partial charge in [0.15, 0.2) is 11.0 Å². The first-order valence-corrected chi connectivity index (χ1v) is 9.96. The van der Waals surface area contributed by atoms with Crippen molar-refractivity contribution < 1.29 is 4.79 Å². The van der Waals surface area contributed by atoms with Gasteiger partial charge in [-0.1, -0.05) is 30.0 Å². The van der Waals surface area contributed by atoms with Crippen molar-refractivity contribution in [3.05, 3.63) is 54.4 Å². The van der Waals surface area contributed by atoms with Gasteiger partial charge in [-0.2, -0.15) is 0 Å². The van der Waals surface area contributed by atoms with E-state index in [4.69, 9.17) is 0 Å². The highest BCUT2D eigenvalue weighted by Crippen LogP contribution is 2.32. The maximum atomic E-state index is 13.0. The second-order valence-electron chi connectivity index (χ2n) is 6.42. The molecule has 0 fully saturated rings. The molecule has 27 heavy (non-hydrogen) atoms.